The summed E-state index contributed by atoms with van der Waals surface area (Å²) in [5.74, 6) is 0.510. The maximum Gasteiger partial charge on any atom is 0.152 e. The lowest BCUT2D eigenvalue weighted by atomic mass is 10.0. The Bertz CT molecular complexity index is 673. The minimum absolute atomic E-state index is 0.0212. The van der Waals surface area contributed by atoms with Crippen LogP contribution < -0.4 is 0 Å². The topological polar surface area (TPSA) is 75.8 Å². The third-order valence-electron chi connectivity index (χ3n) is 3.61. The van der Waals surface area contributed by atoms with E-state index in [-0.39, 0.29) is 16.7 Å². The molecule has 1 aromatic heterocycles. The predicted octanol–water partition coefficient (Wildman–Crippen LogP) is 2.14. The largest absolute Gasteiger partial charge is 0.245 e. The van der Waals surface area contributed by atoms with E-state index in [1.54, 1.807) is 0 Å². The molecule has 110 valence electrons. The number of hydrogen-bond acceptors (Lipinski definition) is 4. The van der Waals surface area contributed by atoms with Gasteiger partial charge in [0.2, 0.25) is 0 Å². The first kappa shape index (κ1) is 15.3. The van der Waals surface area contributed by atoms with Gasteiger partial charge in [-0.05, 0) is 25.7 Å². The first-order valence-corrected chi connectivity index (χ1v) is 8.77. The lowest BCUT2D eigenvalue weighted by molar-refractivity contribution is 0.326. The molecule has 0 aliphatic carbocycles. The lowest BCUT2D eigenvalue weighted by Crippen LogP contribution is -2.32. The van der Waals surface area contributed by atoms with Crippen molar-refractivity contribution < 1.29 is 8.42 Å². The van der Waals surface area contributed by atoms with Crippen LogP contribution in [0.1, 0.15) is 38.4 Å². The van der Waals surface area contributed by atoms with E-state index in [2.05, 4.69) is 11.2 Å². The van der Waals surface area contributed by atoms with E-state index in [0.29, 0.717) is 30.0 Å². The van der Waals surface area contributed by atoms with E-state index in [1.807, 2.05) is 20.8 Å². The van der Waals surface area contributed by atoms with Crippen LogP contribution in [-0.4, -0.2) is 29.7 Å². The number of rotatable bonds is 3. The molecule has 1 aliphatic heterocycles. The molecule has 0 bridgehead atoms. The Balaban J connectivity index is 2.49. The molecule has 1 aromatic rings. The highest BCUT2D eigenvalue weighted by Gasteiger charge is 2.42. The molecule has 20 heavy (non-hydrogen) atoms. The quantitative estimate of drug-likeness (QED) is 0.856. The number of aromatic nitrogens is 2. The molecule has 0 N–H and O–H groups in total. The van der Waals surface area contributed by atoms with Gasteiger partial charge in [-0.1, -0.05) is 25.4 Å². The van der Waals surface area contributed by atoms with E-state index in [0.717, 1.165) is 0 Å². The summed E-state index contributed by atoms with van der Waals surface area (Å²) in [4.78, 5) is 0. The summed E-state index contributed by atoms with van der Waals surface area (Å²) in [6, 6.07) is 2.09. The van der Waals surface area contributed by atoms with Crippen LogP contribution in [0.2, 0.25) is 5.15 Å². The molecule has 1 unspecified atom stereocenters. The van der Waals surface area contributed by atoms with Gasteiger partial charge in [0.1, 0.15) is 16.8 Å². The monoisotopic (exact) mass is 315 g/mol. The standard InChI is InChI=1S/C13H18ClN3O2S/c1-9(2)6-11-10(7-15)12(14)17(16-11)13(3)4-5-20(18,19)8-13/h9H,4-6,8H2,1-3H3. The number of sulfone groups is 1. The van der Waals surface area contributed by atoms with Crippen LogP contribution in [0.25, 0.3) is 0 Å². The number of nitrogens with zero attached hydrogens (tertiary/aromatic N) is 3. The van der Waals surface area contributed by atoms with Gasteiger partial charge in [0, 0.05) is 0 Å². The van der Waals surface area contributed by atoms with Gasteiger partial charge >= 0.3 is 0 Å². The Labute approximate surface area is 124 Å². The summed E-state index contributed by atoms with van der Waals surface area (Å²) >= 11 is 6.26. The van der Waals surface area contributed by atoms with Crippen LogP contribution >= 0.6 is 11.6 Å². The van der Waals surface area contributed by atoms with Crippen LogP contribution in [0, 0.1) is 17.2 Å². The molecule has 1 saturated heterocycles. The summed E-state index contributed by atoms with van der Waals surface area (Å²) in [5, 5.41) is 13.9. The van der Waals surface area contributed by atoms with E-state index in [1.165, 1.54) is 4.68 Å². The fraction of sp³-hybridized carbons (Fsp3) is 0.692. The molecular weight excluding hydrogens is 298 g/mol. The maximum absolute atomic E-state index is 11.7. The Kier molecular flexibility index (Phi) is 3.87. The van der Waals surface area contributed by atoms with Crippen molar-refractivity contribution >= 4 is 21.4 Å². The molecule has 0 saturated carbocycles. The first-order valence-electron chi connectivity index (χ1n) is 6.57. The molecule has 0 amide bonds. The normalized spacial score (nSPS) is 25.0. The van der Waals surface area contributed by atoms with Gasteiger partial charge in [-0.2, -0.15) is 10.4 Å². The van der Waals surface area contributed by atoms with Gasteiger partial charge in [-0.15, -0.1) is 0 Å². The zero-order chi connectivity index (χ0) is 15.1. The molecule has 5 nitrogen and oxygen atoms in total. The second-order valence-electron chi connectivity index (χ2n) is 6.07. The Hall–Kier alpha value is -1.06. The summed E-state index contributed by atoms with van der Waals surface area (Å²) in [6.45, 7) is 5.91. The summed E-state index contributed by atoms with van der Waals surface area (Å²) in [7, 11) is -3.05. The van der Waals surface area contributed by atoms with Crippen molar-refractivity contribution in [3.63, 3.8) is 0 Å². The molecule has 1 fully saturated rings. The van der Waals surface area contributed by atoms with Gasteiger partial charge in [0.05, 0.1) is 22.7 Å². The summed E-state index contributed by atoms with van der Waals surface area (Å²) in [6.07, 6.45) is 1.13. The van der Waals surface area contributed by atoms with Crippen molar-refractivity contribution in [2.45, 2.75) is 39.2 Å². The molecule has 1 atom stereocenters. The Morgan fingerprint density at radius 3 is 2.65 bits per heavy atom. The molecule has 1 aliphatic rings. The van der Waals surface area contributed by atoms with Gasteiger partial charge < -0.3 is 0 Å². The third kappa shape index (κ3) is 2.70. The zero-order valence-electron chi connectivity index (χ0n) is 11.9. The van der Waals surface area contributed by atoms with Crippen LogP contribution in [0.3, 0.4) is 0 Å². The van der Waals surface area contributed by atoms with Crippen LogP contribution in [0.5, 0.6) is 0 Å². The van der Waals surface area contributed by atoms with Gasteiger partial charge in [-0.25, -0.2) is 13.1 Å². The second-order valence-corrected chi connectivity index (χ2v) is 8.62. The fourth-order valence-corrected chi connectivity index (χ4v) is 5.10. The Morgan fingerprint density at radius 1 is 1.55 bits per heavy atom. The van der Waals surface area contributed by atoms with E-state index < -0.39 is 15.4 Å². The molecule has 2 rings (SSSR count). The lowest BCUT2D eigenvalue weighted by Gasteiger charge is -2.23. The SMILES string of the molecule is CC(C)Cc1nn(C2(C)CCS(=O)(=O)C2)c(Cl)c1C#N. The first-order chi connectivity index (χ1) is 9.18. The third-order valence-corrected chi connectivity index (χ3v) is 5.85. The van der Waals surface area contributed by atoms with Crippen molar-refractivity contribution in [1.82, 2.24) is 9.78 Å². The molecular formula is C13H18ClN3O2S. The molecule has 7 heteroatoms. The van der Waals surface area contributed by atoms with Crippen LogP contribution in [0.15, 0.2) is 0 Å². The highest BCUT2D eigenvalue weighted by molar-refractivity contribution is 7.91. The van der Waals surface area contributed by atoms with Crippen LogP contribution in [0.4, 0.5) is 0 Å². The maximum atomic E-state index is 11.7. The minimum atomic E-state index is -3.05. The highest BCUT2D eigenvalue weighted by atomic mass is 35.5. The number of nitriles is 1. The summed E-state index contributed by atoms with van der Waals surface area (Å²) < 4.78 is 25.0. The average molecular weight is 316 g/mol. The van der Waals surface area contributed by atoms with Crippen molar-refractivity contribution in [1.29, 1.82) is 5.26 Å². The van der Waals surface area contributed by atoms with Crippen molar-refractivity contribution in [3.05, 3.63) is 16.4 Å². The second kappa shape index (κ2) is 5.05. The minimum Gasteiger partial charge on any atom is -0.245 e. The number of hydrogen-bond donors (Lipinski definition) is 0. The highest BCUT2D eigenvalue weighted by Crippen LogP contribution is 2.35. The molecule has 2 heterocycles. The van der Waals surface area contributed by atoms with Gasteiger partial charge in [0.15, 0.2) is 9.84 Å². The fourth-order valence-electron chi connectivity index (χ4n) is 2.60. The molecule has 0 aromatic carbocycles. The van der Waals surface area contributed by atoms with Gasteiger partial charge in [-0.3, -0.25) is 0 Å². The van der Waals surface area contributed by atoms with Crippen molar-refractivity contribution in [2.75, 3.05) is 11.5 Å². The molecule has 0 spiro atoms. The van der Waals surface area contributed by atoms with E-state index in [4.69, 9.17) is 11.6 Å². The smallest absolute Gasteiger partial charge is 0.152 e. The Morgan fingerprint density at radius 2 is 2.20 bits per heavy atom. The average Bonchev–Trinajstić information content (AvgIpc) is 2.77. The number of halogens is 1. The van der Waals surface area contributed by atoms with Crippen molar-refractivity contribution in [3.8, 4) is 6.07 Å². The van der Waals surface area contributed by atoms with E-state index in [9.17, 15) is 13.7 Å². The molecule has 0 radical (unpaired) electrons. The van der Waals surface area contributed by atoms with Crippen molar-refractivity contribution in [2.24, 2.45) is 5.92 Å². The van der Waals surface area contributed by atoms with E-state index >= 15 is 0 Å². The van der Waals surface area contributed by atoms with Gasteiger partial charge in [0.25, 0.3) is 0 Å². The predicted molar refractivity (Wildman–Crippen MR) is 77.4 cm³/mol. The zero-order valence-corrected chi connectivity index (χ0v) is 13.4. The summed E-state index contributed by atoms with van der Waals surface area (Å²) in [5.41, 5.74) is 0.362. The van der Waals surface area contributed by atoms with Crippen LogP contribution in [-0.2, 0) is 21.8 Å².